The molecule has 2 aromatic rings. The van der Waals surface area contributed by atoms with Gasteiger partial charge in [0.25, 0.3) is 0 Å². The van der Waals surface area contributed by atoms with E-state index in [-0.39, 0.29) is 5.75 Å². The summed E-state index contributed by atoms with van der Waals surface area (Å²) in [6.07, 6.45) is 0. The number of rotatable bonds is 5. The molecular weight excluding hydrogens is 399 g/mol. The van der Waals surface area contributed by atoms with Crippen molar-refractivity contribution in [1.82, 2.24) is 0 Å². The Balaban J connectivity index is 2.10. The molecule has 106 valence electrons. The fraction of sp³-hybridized carbons (Fsp3) is 0.143. The Morgan fingerprint density at radius 2 is 1.95 bits per heavy atom. The normalized spacial score (nSPS) is 10.7. The van der Waals surface area contributed by atoms with Crippen molar-refractivity contribution < 1.29 is 13.5 Å². The number of halogens is 4. The summed E-state index contributed by atoms with van der Waals surface area (Å²) < 4.78 is 30.1. The zero-order valence-electron chi connectivity index (χ0n) is 10.2. The molecule has 1 N–H and O–H groups in total. The van der Waals surface area contributed by atoms with Crippen LogP contribution in [0.25, 0.3) is 0 Å². The highest BCUT2D eigenvalue weighted by Gasteiger charge is 2.09. The molecule has 0 aliphatic rings. The van der Waals surface area contributed by atoms with E-state index in [0.717, 1.165) is 9.26 Å². The first-order valence-corrected chi connectivity index (χ1v) is 7.23. The lowest BCUT2D eigenvalue weighted by atomic mass is 10.2. The van der Waals surface area contributed by atoms with Crippen LogP contribution in [0.3, 0.4) is 0 Å². The smallest absolute Gasteiger partial charge is 0.387 e. The maximum absolute atomic E-state index is 12.3. The number of hydrogen-bond acceptors (Lipinski definition) is 2. The van der Waals surface area contributed by atoms with Gasteiger partial charge in [0.1, 0.15) is 5.75 Å². The molecule has 0 aliphatic heterocycles. The van der Waals surface area contributed by atoms with Gasteiger partial charge in [-0.1, -0.05) is 29.8 Å². The molecule has 0 unspecified atom stereocenters. The summed E-state index contributed by atoms with van der Waals surface area (Å²) in [6, 6.07) is 12.2. The SMILES string of the molecule is FC(F)Oc1ccccc1CNc1ccc(Cl)cc1I. The van der Waals surface area contributed by atoms with Crippen molar-refractivity contribution in [3.63, 3.8) is 0 Å². The number of anilines is 1. The molecule has 0 saturated carbocycles. The van der Waals surface area contributed by atoms with E-state index in [0.29, 0.717) is 17.1 Å². The lowest BCUT2D eigenvalue weighted by Crippen LogP contribution is -2.07. The summed E-state index contributed by atoms with van der Waals surface area (Å²) >= 11 is 8.04. The summed E-state index contributed by atoms with van der Waals surface area (Å²) in [5.41, 5.74) is 1.56. The average molecular weight is 410 g/mol. The first-order valence-electron chi connectivity index (χ1n) is 5.78. The summed E-state index contributed by atoms with van der Waals surface area (Å²) in [4.78, 5) is 0. The second-order valence-electron chi connectivity index (χ2n) is 3.96. The van der Waals surface area contributed by atoms with Gasteiger partial charge in [-0.15, -0.1) is 0 Å². The molecule has 6 heteroatoms. The Kier molecular flexibility index (Phi) is 5.42. The number of hydrogen-bond donors (Lipinski definition) is 1. The van der Waals surface area contributed by atoms with Crippen molar-refractivity contribution >= 4 is 39.9 Å². The number of ether oxygens (including phenoxy) is 1. The third-order valence-electron chi connectivity index (χ3n) is 2.59. The van der Waals surface area contributed by atoms with Gasteiger partial charge in [-0.05, 0) is 46.9 Å². The van der Waals surface area contributed by atoms with E-state index in [4.69, 9.17) is 11.6 Å². The van der Waals surface area contributed by atoms with Crippen LogP contribution in [-0.2, 0) is 6.54 Å². The molecule has 0 heterocycles. The van der Waals surface area contributed by atoms with Crippen molar-refractivity contribution in [3.05, 3.63) is 56.6 Å². The van der Waals surface area contributed by atoms with Crippen molar-refractivity contribution in [3.8, 4) is 5.75 Å². The van der Waals surface area contributed by atoms with Crippen LogP contribution >= 0.6 is 34.2 Å². The maximum atomic E-state index is 12.3. The predicted molar refractivity (Wildman–Crippen MR) is 84.6 cm³/mol. The van der Waals surface area contributed by atoms with Crippen LogP contribution in [-0.4, -0.2) is 6.61 Å². The Labute approximate surface area is 134 Å². The van der Waals surface area contributed by atoms with Crippen LogP contribution in [0.5, 0.6) is 5.75 Å². The zero-order chi connectivity index (χ0) is 14.5. The predicted octanol–water partition coefficient (Wildman–Crippen LogP) is 5.16. The van der Waals surface area contributed by atoms with E-state index in [1.54, 1.807) is 24.3 Å². The quantitative estimate of drug-likeness (QED) is 0.689. The minimum atomic E-state index is -2.83. The molecule has 0 aliphatic carbocycles. The lowest BCUT2D eigenvalue weighted by Gasteiger charge is -2.13. The number of benzene rings is 2. The van der Waals surface area contributed by atoms with Crippen LogP contribution in [0.15, 0.2) is 42.5 Å². The zero-order valence-corrected chi connectivity index (χ0v) is 13.2. The first-order chi connectivity index (χ1) is 9.56. The highest BCUT2D eigenvalue weighted by Crippen LogP contribution is 2.25. The molecule has 2 aromatic carbocycles. The molecular formula is C14H11ClF2INO. The van der Waals surface area contributed by atoms with Gasteiger partial charge < -0.3 is 10.1 Å². The van der Waals surface area contributed by atoms with E-state index in [2.05, 4.69) is 32.6 Å². The van der Waals surface area contributed by atoms with Gasteiger partial charge in [0.2, 0.25) is 0 Å². The van der Waals surface area contributed by atoms with Gasteiger partial charge in [0, 0.05) is 26.4 Å². The van der Waals surface area contributed by atoms with Gasteiger partial charge in [0.05, 0.1) is 0 Å². The van der Waals surface area contributed by atoms with Crippen LogP contribution in [0.1, 0.15) is 5.56 Å². The third kappa shape index (κ3) is 4.21. The minimum Gasteiger partial charge on any atom is -0.434 e. The van der Waals surface area contributed by atoms with Crippen molar-refractivity contribution in [2.75, 3.05) is 5.32 Å². The Hall–Kier alpha value is -1.08. The number of para-hydroxylation sites is 1. The second kappa shape index (κ2) is 7.08. The van der Waals surface area contributed by atoms with E-state index in [1.807, 2.05) is 12.1 Å². The van der Waals surface area contributed by atoms with Gasteiger partial charge in [-0.25, -0.2) is 0 Å². The number of alkyl halides is 2. The van der Waals surface area contributed by atoms with E-state index in [9.17, 15) is 8.78 Å². The third-order valence-corrected chi connectivity index (χ3v) is 3.72. The topological polar surface area (TPSA) is 21.3 Å². The van der Waals surface area contributed by atoms with Gasteiger partial charge in [-0.3, -0.25) is 0 Å². The van der Waals surface area contributed by atoms with Crippen LogP contribution in [0.4, 0.5) is 14.5 Å². The van der Waals surface area contributed by atoms with E-state index < -0.39 is 6.61 Å². The van der Waals surface area contributed by atoms with Crippen molar-refractivity contribution in [2.45, 2.75) is 13.2 Å². The molecule has 0 bridgehead atoms. The average Bonchev–Trinajstić information content (AvgIpc) is 2.39. The Morgan fingerprint density at radius 3 is 2.65 bits per heavy atom. The number of nitrogens with one attached hydrogen (secondary N) is 1. The highest BCUT2D eigenvalue weighted by molar-refractivity contribution is 14.1. The van der Waals surface area contributed by atoms with Crippen LogP contribution in [0, 0.1) is 3.57 Å². The summed E-state index contributed by atoms with van der Waals surface area (Å²) in [7, 11) is 0. The van der Waals surface area contributed by atoms with Crippen molar-refractivity contribution in [1.29, 1.82) is 0 Å². The monoisotopic (exact) mass is 409 g/mol. The molecule has 0 radical (unpaired) electrons. The molecule has 20 heavy (non-hydrogen) atoms. The molecule has 2 nitrogen and oxygen atoms in total. The summed E-state index contributed by atoms with van der Waals surface area (Å²) in [5, 5.41) is 3.83. The molecule has 0 fully saturated rings. The standard InChI is InChI=1S/C14H11ClF2INO/c15-10-5-6-12(11(18)7-10)19-8-9-3-1-2-4-13(9)20-14(16)17/h1-7,14,19H,8H2. The summed E-state index contributed by atoms with van der Waals surface area (Å²) in [6.45, 7) is -2.44. The Bertz CT molecular complexity index is 595. The maximum Gasteiger partial charge on any atom is 0.387 e. The lowest BCUT2D eigenvalue weighted by molar-refractivity contribution is -0.0504. The van der Waals surface area contributed by atoms with E-state index in [1.165, 1.54) is 6.07 Å². The molecule has 0 saturated heterocycles. The van der Waals surface area contributed by atoms with Crippen LogP contribution in [0.2, 0.25) is 5.02 Å². The molecule has 2 rings (SSSR count). The van der Waals surface area contributed by atoms with Gasteiger partial charge in [0.15, 0.2) is 0 Å². The van der Waals surface area contributed by atoms with Gasteiger partial charge >= 0.3 is 6.61 Å². The Morgan fingerprint density at radius 1 is 1.20 bits per heavy atom. The fourth-order valence-corrected chi connectivity index (χ4v) is 2.75. The van der Waals surface area contributed by atoms with E-state index >= 15 is 0 Å². The van der Waals surface area contributed by atoms with Crippen LogP contribution < -0.4 is 10.1 Å². The molecule has 0 aromatic heterocycles. The molecule has 0 spiro atoms. The van der Waals surface area contributed by atoms with Gasteiger partial charge in [-0.2, -0.15) is 8.78 Å². The minimum absolute atomic E-state index is 0.180. The van der Waals surface area contributed by atoms with Crippen molar-refractivity contribution in [2.24, 2.45) is 0 Å². The summed E-state index contributed by atoms with van der Waals surface area (Å²) in [5.74, 6) is 0.180. The second-order valence-corrected chi connectivity index (χ2v) is 5.56. The first kappa shape index (κ1) is 15.3. The largest absolute Gasteiger partial charge is 0.434 e. The molecule has 0 amide bonds. The molecule has 0 atom stereocenters. The highest BCUT2D eigenvalue weighted by atomic mass is 127. The fourth-order valence-electron chi connectivity index (χ4n) is 1.68.